The molecule has 3 nitrogen and oxygen atoms in total. The van der Waals surface area contributed by atoms with E-state index in [1.165, 1.54) is 7.11 Å². The topological polar surface area (TPSA) is 46.5 Å². The molecule has 1 aromatic rings. The number of carbonyl (C=O) groups is 1. The molecule has 1 N–H and O–H groups in total. The molecule has 0 radical (unpaired) electrons. The van der Waals surface area contributed by atoms with Crippen LogP contribution in [0.25, 0.3) is 0 Å². The number of benzene rings is 1. The molecule has 0 fully saturated rings. The van der Waals surface area contributed by atoms with Crippen LogP contribution in [-0.4, -0.2) is 18.2 Å². The maximum absolute atomic E-state index is 13.5. The van der Waals surface area contributed by atoms with E-state index in [1.54, 1.807) is 0 Å². The van der Waals surface area contributed by atoms with Crippen LogP contribution in [0.1, 0.15) is 18.4 Å². The zero-order chi connectivity index (χ0) is 13.0. The van der Waals surface area contributed by atoms with Gasteiger partial charge in [0.25, 0.3) is 0 Å². The summed E-state index contributed by atoms with van der Waals surface area (Å²) in [7, 11) is 1.35. The number of ether oxygens (including phenoxy) is 1. The average molecular weight is 309 g/mol. The van der Waals surface area contributed by atoms with Crippen LogP contribution in [0.15, 0.2) is 10.5 Å². The third-order valence-corrected chi connectivity index (χ3v) is 2.83. The second-order valence-electron chi connectivity index (χ2n) is 3.41. The quantitative estimate of drug-likeness (QED) is 0.850. The van der Waals surface area contributed by atoms with E-state index >= 15 is 0 Å². The number of rotatable bonds is 5. The average Bonchev–Trinajstić information content (AvgIpc) is 2.24. The Morgan fingerprint density at radius 1 is 1.53 bits per heavy atom. The van der Waals surface area contributed by atoms with E-state index in [-0.39, 0.29) is 30.6 Å². The van der Waals surface area contributed by atoms with E-state index in [2.05, 4.69) is 15.9 Å². The van der Waals surface area contributed by atoms with Gasteiger partial charge in [-0.05, 0) is 34.8 Å². The van der Waals surface area contributed by atoms with Crippen LogP contribution >= 0.6 is 15.9 Å². The fourth-order valence-corrected chi connectivity index (χ4v) is 2.09. The summed E-state index contributed by atoms with van der Waals surface area (Å²) in [6.45, 7) is 0. The lowest BCUT2D eigenvalue weighted by molar-refractivity contribution is -0.137. The third kappa shape index (κ3) is 3.39. The van der Waals surface area contributed by atoms with Gasteiger partial charge in [-0.25, -0.2) is 8.78 Å². The van der Waals surface area contributed by atoms with Crippen LogP contribution in [0.2, 0.25) is 0 Å². The van der Waals surface area contributed by atoms with Gasteiger partial charge in [0.2, 0.25) is 0 Å². The molecule has 0 bridgehead atoms. The molecule has 17 heavy (non-hydrogen) atoms. The van der Waals surface area contributed by atoms with Crippen molar-refractivity contribution in [3.8, 4) is 5.75 Å². The number of methoxy groups -OCH3 is 1. The number of carboxylic acids is 1. The van der Waals surface area contributed by atoms with Crippen LogP contribution in [-0.2, 0) is 11.2 Å². The standard InChI is InChI=1S/C11H11BrF2O3/c1-17-11-6(3-2-4-9(15)16)10(14)8(13)5-7(11)12/h5H,2-4H2,1H3,(H,15,16). The monoisotopic (exact) mass is 308 g/mol. The fraction of sp³-hybridized carbons (Fsp3) is 0.364. The molecule has 0 amide bonds. The first-order valence-corrected chi connectivity index (χ1v) is 5.68. The van der Waals surface area contributed by atoms with Crippen molar-refractivity contribution >= 4 is 21.9 Å². The summed E-state index contributed by atoms with van der Waals surface area (Å²) < 4.78 is 32.0. The minimum Gasteiger partial charge on any atom is -0.495 e. The molecule has 6 heteroatoms. The molecule has 0 spiro atoms. The van der Waals surface area contributed by atoms with E-state index in [4.69, 9.17) is 9.84 Å². The summed E-state index contributed by atoms with van der Waals surface area (Å²) in [5.41, 5.74) is 0.0561. The molecule has 94 valence electrons. The van der Waals surface area contributed by atoms with Crippen molar-refractivity contribution in [2.24, 2.45) is 0 Å². The van der Waals surface area contributed by atoms with Gasteiger partial charge in [-0.15, -0.1) is 0 Å². The molecular weight excluding hydrogens is 298 g/mol. The van der Waals surface area contributed by atoms with Crippen molar-refractivity contribution < 1.29 is 23.4 Å². The minimum atomic E-state index is -0.990. The van der Waals surface area contributed by atoms with Crippen LogP contribution in [0.4, 0.5) is 8.78 Å². The highest BCUT2D eigenvalue weighted by Crippen LogP contribution is 2.33. The Morgan fingerprint density at radius 2 is 2.18 bits per heavy atom. The summed E-state index contributed by atoms with van der Waals surface area (Å²) >= 11 is 3.07. The predicted octanol–water partition coefficient (Wildman–Crippen LogP) is 3.14. The van der Waals surface area contributed by atoms with Crippen molar-refractivity contribution in [1.29, 1.82) is 0 Å². The van der Waals surface area contributed by atoms with Crippen LogP contribution < -0.4 is 4.74 Å². The van der Waals surface area contributed by atoms with E-state index in [0.717, 1.165) is 6.07 Å². The molecule has 1 rings (SSSR count). The normalized spacial score (nSPS) is 10.4. The Kier molecular flexibility index (Phi) is 4.86. The lowest BCUT2D eigenvalue weighted by Crippen LogP contribution is -2.02. The fourth-order valence-electron chi connectivity index (χ4n) is 1.49. The lowest BCUT2D eigenvalue weighted by atomic mass is 10.1. The van der Waals surface area contributed by atoms with E-state index in [1.807, 2.05) is 0 Å². The number of aliphatic carboxylic acids is 1. The zero-order valence-electron chi connectivity index (χ0n) is 9.10. The highest BCUT2D eigenvalue weighted by molar-refractivity contribution is 9.10. The van der Waals surface area contributed by atoms with Gasteiger partial charge in [-0.2, -0.15) is 0 Å². The summed E-state index contributed by atoms with van der Waals surface area (Å²) in [5, 5.41) is 8.49. The summed E-state index contributed by atoms with van der Waals surface area (Å²) in [4.78, 5) is 10.4. The maximum Gasteiger partial charge on any atom is 0.303 e. The van der Waals surface area contributed by atoms with Crippen molar-refractivity contribution in [2.75, 3.05) is 7.11 Å². The first-order chi connectivity index (χ1) is 7.97. The van der Waals surface area contributed by atoms with Gasteiger partial charge in [0.15, 0.2) is 11.6 Å². The Hall–Kier alpha value is -1.17. The zero-order valence-corrected chi connectivity index (χ0v) is 10.7. The molecule has 0 saturated heterocycles. The van der Waals surface area contributed by atoms with Gasteiger partial charge in [0.1, 0.15) is 5.75 Å². The maximum atomic E-state index is 13.5. The highest BCUT2D eigenvalue weighted by Gasteiger charge is 2.18. The first-order valence-electron chi connectivity index (χ1n) is 4.89. The van der Waals surface area contributed by atoms with Gasteiger partial charge in [-0.1, -0.05) is 0 Å². The van der Waals surface area contributed by atoms with Crippen LogP contribution in [0.5, 0.6) is 5.75 Å². The van der Waals surface area contributed by atoms with E-state index < -0.39 is 17.6 Å². The lowest BCUT2D eigenvalue weighted by Gasteiger charge is -2.11. The Morgan fingerprint density at radius 3 is 2.71 bits per heavy atom. The summed E-state index contributed by atoms with van der Waals surface area (Å²) in [6, 6.07) is 0.981. The Labute approximate surface area is 106 Å². The smallest absolute Gasteiger partial charge is 0.303 e. The van der Waals surface area contributed by atoms with Gasteiger partial charge < -0.3 is 9.84 Å². The van der Waals surface area contributed by atoms with E-state index in [9.17, 15) is 13.6 Å². The molecule has 0 heterocycles. The molecule has 0 aliphatic carbocycles. The number of carboxylic acid groups (broad SMARTS) is 1. The molecule has 0 saturated carbocycles. The number of halogens is 3. The van der Waals surface area contributed by atoms with Gasteiger partial charge in [0, 0.05) is 12.0 Å². The van der Waals surface area contributed by atoms with Gasteiger partial charge >= 0.3 is 5.97 Å². The summed E-state index contributed by atoms with van der Waals surface area (Å²) in [5.74, 6) is -2.74. The van der Waals surface area contributed by atoms with Crippen molar-refractivity contribution in [3.05, 3.63) is 27.7 Å². The largest absolute Gasteiger partial charge is 0.495 e. The van der Waals surface area contributed by atoms with Crippen molar-refractivity contribution in [2.45, 2.75) is 19.3 Å². The van der Waals surface area contributed by atoms with Crippen LogP contribution in [0.3, 0.4) is 0 Å². The molecule has 1 aromatic carbocycles. The second kappa shape index (κ2) is 5.95. The van der Waals surface area contributed by atoms with E-state index in [0.29, 0.717) is 4.47 Å². The first kappa shape index (κ1) is 13.9. The second-order valence-corrected chi connectivity index (χ2v) is 4.27. The molecule has 0 aromatic heterocycles. The van der Waals surface area contributed by atoms with Gasteiger partial charge in [0.05, 0.1) is 11.6 Å². The molecule has 0 aliphatic heterocycles. The molecule has 0 unspecified atom stereocenters. The third-order valence-electron chi connectivity index (χ3n) is 2.24. The minimum absolute atomic E-state index is 0.0561. The van der Waals surface area contributed by atoms with Crippen molar-refractivity contribution in [1.82, 2.24) is 0 Å². The SMILES string of the molecule is COc1c(Br)cc(F)c(F)c1CCCC(=O)O. The Bertz CT molecular complexity index is 435. The number of hydrogen-bond acceptors (Lipinski definition) is 2. The summed E-state index contributed by atoms with van der Waals surface area (Å²) in [6.07, 6.45) is 0.229. The number of hydrogen-bond donors (Lipinski definition) is 1. The van der Waals surface area contributed by atoms with Crippen LogP contribution in [0, 0.1) is 11.6 Å². The molecule has 0 atom stereocenters. The highest BCUT2D eigenvalue weighted by atomic mass is 79.9. The van der Waals surface area contributed by atoms with Crippen molar-refractivity contribution in [3.63, 3.8) is 0 Å². The Balaban J connectivity index is 2.99. The molecule has 0 aliphatic rings. The van der Waals surface area contributed by atoms with Gasteiger partial charge in [-0.3, -0.25) is 4.79 Å². The molecular formula is C11H11BrF2O3. The predicted molar refractivity (Wildman–Crippen MR) is 61.2 cm³/mol.